The molecule has 0 aromatic heterocycles. The Balaban J connectivity index is 1.48. The zero-order chi connectivity index (χ0) is 19.4. The van der Waals surface area contributed by atoms with Crippen LogP contribution >= 0.6 is 0 Å². The number of morpholine rings is 1. The lowest BCUT2D eigenvalue weighted by molar-refractivity contribution is -0.141. The van der Waals surface area contributed by atoms with Crippen molar-refractivity contribution in [1.82, 2.24) is 14.7 Å². The van der Waals surface area contributed by atoms with Gasteiger partial charge in [-0.2, -0.15) is 0 Å². The Labute approximate surface area is 162 Å². The highest BCUT2D eigenvalue weighted by molar-refractivity contribution is 5.79. The molecular weight excluding hydrogens is 346 g/mol. The lowest BCUT2D eigenvalue weighted by Gasteiger charge is -2.43. The standard InChI is InChI=1S/C20H35N3O4/c1-20(2,3)27-19(25)23-9-7-21(8-10-23)17-6-4-5-16(15-17)18(24)22-11-13-26-14-12-22/h16-17H,4-15H2,1-3H3/t16?,17-/m1/s1. The van der Waals surface area contributed by atoms with Crippen LogP contribution in [0.1, 0.15) is 46.5 Å². The lowest BCUT2D eigenvalue weighted by atomic mass is 9.83. The number of hydrogen-bond acceptors (Lipinski definition) is 5. The minimum Gasteiger partial charge on any atom is -0.444 e. The fourth-order valence-corrected chi connectivity index (χ4v) is 4.36. The summed E-state index contributed by atoms with van der Waals surface area (Å²) >= 11 is 0. The summed E-state index contributed by atoms with van der Waals surface area (Å²) in [5.41, 5.74) is -0.454. The van der Waals surface area contributed by atoms with E-state index in [0.717, 1.165) is 51.9 Å². The maximum Gasteiger partial charge on any atom is 0.410 e. The maximum absolute atomic E-state index is 12.8. The smallest absolute Gasteiger partial charge is 0.410 e. The third kappa shape index (κ3) is 5.57. The molecule has 0 radical (unpaired) electrons. The second-order valence-corrected chi connectivity index (χ2v) is 8.96. The van der Waals surface area contributed by atoms with Gasteiger partial charge in [0.25, 0.3) is 0 Å². The molecule has 2 amide bonds. The Morgan fingerprint density at radius 1 is 0.926 bits per heavy atom. The van der Waals surface area contributed by atoms with Crippen molar-refractivity contribution in [2.75, 3.05) is 52.5 Å². The Morgan fingerprint density at radius 3 is 2.22 bits per heavy atom. The fourth-order valence-electron chi connectivity index (χ4n) is 4.36. The first-order chi connectivity index (χ1) is 12.8. The highest BCUT2D eigenvalue weighted by Crippen LogP contribution is 2.30. The van der Waals surface area contributed by atoms with Gasteiger partial charge in [-0.3, -0.25) is 9.69 Å². The number of nitrogens with zero attached hydrogens (tertiary/aromatic N) is 3. The zero-order valence-electron chi connectivity index (χ0n) is 17.1. The van der Waals surface area contributed by atoms with Gasteiger partial charge < -0.3 is 19.3 Å². The summed E-state index contributed by atoms with van der Waals surface area (Å²) in [5, 5.41) is 0. The van der Waals surface area contributed by atoms with E-state index < -0.39 is 5.60 Å². The Hall–Kier alpha value is -1.34. The van der Waals surface area contributed by atoms with Crippen molar-refractivity contribution in [3.8, 4) is 0 Å². The van der Waals surface area contributed by atoms with Crippen molar-refractivity contribution >= 4 is 12.0 Å². The molecule has 2 saturated heterocycles. The van der Waals surface area contributed by atoms with E-state index >= 15 is 0 Å². The number of carbonyl (C=O) groups excluding carboxylic acids is 2. The number of carbonyl (C=O) groups is 2. The molecule has 3 aliphatic rings. The summed E-state index contributed by atoms with van der Waals surface area (Å²) < 4.78 is 10.9. The topological polar surface area (TPSA) is 62.3 Å². The summed E-state index contributed by atoms with van der Waals surface area (Å²) in [6.45, 7) is 11.6. The summed E-state index contributed by atoms with van der Waals surface area (Å²) in [4.78, 5) is 31.3. The van der Waals surface area contributed by atoms with Crippen LogP contribution in [0.3, 0.4) is 0 Å². The number of piperazine rings is 1. The molecule has 7 nitrogen and oxygen atoms in total. The number of amides is 2. The second kappa shape index (κ2) is 8.78. The molecule has 0 bridgehead atoms. The molecule has 1 saturated carbocycles. The second-order valence-electron chi connectivity index (χ2n) is 8.96. The van der Waals surface area contributed by atoms with Crippen LogP contribution in [0.25, 0.3) is 0 Å². The Bertz CT molecular complexity index is 520. The molecular formula is C20H35N3O4. The predicted octanol–water partition coefficient (Wildman–Crippen LogP) is 1.96. The molecule has 1 aliphatic carbocycles. The van der Waals surface area contributed by atoms with Gasteiger partial charge in [-0.1, -0.05) is 6.42 Å². The molecule has 0 aromatic carbocycles. The van der Waals surface area contributed by atoms with Crippen molar-refractivity contribution in [3.63, 3.8) is 0 Å². The molecule has 2 atom stereocenters. The fraction of sp³-hybridized carbons (Fsp3) is 0.900. The van der Waals surface area contributed by atoms with E-state index in [2.05, 4.69) is 4.90 Å². The normalized spacial score (nSPS) is 28.1. The van der Waals surface area contributed by atoms with Gasteiger partial charge in [0.05, 0.1) is 13.2 Å². The van der Waals surface area contributed by atoms with Crippen molar-refractivity contribution in [1.29, 1.82) is 0 Å². The Kier molecular flexibility index (Phi) is 6.63. The summed E-state index contributed by atoms with van der Waals surface area (Å²) in [6.07, 6.45) is 4.00. The minimum atomic E-state index is -0.454. The van der Waals surface area contributed by atoms with E-state index in [1.807, 2.05) is 25.7 Å². The van der Waals surface area contributed by atoms with Gasteiger partial charge in [-0.05, 0) is 40.0 Å². The van der Waals surface area contributed by atoms with Crippen molar-refractivity contribution < 1.29 is 19.1 Å². The van der Waals surface area contributed by atoms with E-state index in [1.165, 1.54) is 0 Å². The SMILES string of the molecule is CC(C)(C)OC(=O)N1CCN([C@@H]2CCCC(C(=O)N3CCOCC3)C2)CC1. The van der Waals surface area contributed by atoms with E-state index in [4.69, 9.17) is 9.47 Å². The molecule has 3 rings (SSSR count). The van der Waals surface area contributed by atoms with E-state index in [0.29, 0.717) is 38.3 Å². The average molecular weight is 382 g/mol. The van der Waals surface area contributed by atoms with Crippen LogP contribution in [-0.2, 0) is 14.3 Å². The summed E-state index contributed by atoms with van der Waals surface area (Å²) in [7, 11) is 0. The molecule has 3 fully saturated rings. The average Bonchev–Trinajstić information content (AvgIpc) is 2.67. The number of rotatable bonds is 2. The Morgan fingerprint density at radius 2 is 1.59 bits per heavy atom. The van der Waals surface area contributed by atoms with Gasteiger partial charge >= 0.3 is 6.09 Å². The first-order valence-electron chi connectivity index (χ1n) is 10.4. The lowest BCUT2D eigenvalue weighted by Crippen LogP contribution is -2.54. The van der Waals surface area contributed by atoms with Crippen LogP contribution in [0.5, 0.6) is 0 Å². The molecule has 27 heavy (non-hydrogen) atoms. The van der Waals surface area contributed by atoms with Crippen LogP contribution in [0.2, 0.25) is 0 Å². The first kappa shape index (κ1) is 20.4. The zero-order valence-corrected chi connectivity index (χ0v) is 17.1. The number of ether oxygens (including phenoxy) is 2. The van der Waals surface area contributed by atoms with E-state index in [9.17, 15) is 9.59 Å². The van der Waals surface area contributed by atoms with E-state index in [1.54, 1.807) is 4.90 Å². The third-order valence-corrected chi connectivity index (χ3v) is 5.80. The van der Waals surface area contributed by atoms with E-state index in [-0.39, 0.29) is 12.0 Å². The van der Waals surface area contributed by atoms with Crippen LogP contribution in [0.15, 0.2) is 0 Å². The van der Waals surface area contributed by atoms with Gasteiger partial charge in [0, 0.05) is 51.2 Å². The van der Waals surface area contributed by atoms with Crippen LogP contribution in [-0.4, -0.2) is 90.8 Å². The summed E-state index contributed by atoms with van der Waals surface area (Å²) in [6, 6.07) is 0.453. The predicted molar refractivity (Wildman–Crippen MR) is 103 cm³/mol. The van der Waals surface area contributed by atoms with Crippen LogP contribution < -0.4 is 0 Å². The van der Waals surface area contributed by atoms with Crippen LogP contribution in [0, 0.1) is 5.92 Å². The van der Waals surface area contributed by atoms with Gasteiger partial charge in [0.2, 0.25) is 5.91 Å². The maximum atomic E-state index is 12.8. The quantitative estimate of drug-likeness (QED) is 0.732. The largest absolute Gasteiger partial charge is 0.444 e. The van der Waals surface area contributed by atoms with Gasteiger partial charge in [0.1, 0.15) is 5.60 Å². The molecule has 7 heteroatoms. The molecule has 2 aliphatic heterocycles. The minimum absolute atomic E-state index is 0.144. The molecule has 154 valence electrons. The van der Waals surface area contributed by atoms with Gasteiger partial charge in [0.15, 0.2) is 0 Å². The molecule has 0 N–H and O–H groups in total. The first-order valence-corrected chi connectivity index (χ1v) is 10.4. The molecule has 0 aromatic rings. The number of hydrogen-bond donors (Lipinski definition) is 0. The van der Waals surface area contributed by atoms with Crippen molar-refractivity contribution in [2.45, 2.75) is 58.1 Å². The third-order valence-electron chi connectivity index (χ3n) is 5.80. The summed E-state index contributed by atoms with van der Waals surface area (Å²) in [5.74, 6) is 0.459. The molecule has 1 unspecified atom stereocenters. The van der Waals surface area contributed by atoms with Crippen molar-refractivity contribution in [2.24, 2.45) is 5.92 Å². The monoisotopic (exact) mass is 381 g/mol. The van der Waals surface area contributed by atoms with Crippen molar-refractivity contribution in [3.05, 3.63) is 0 Å². The molecule has 0 spiro atoms. The van der Waals surface area contributed by atoms with Gasteiger partial charge in [-0.15, -0.1) is 0 Å². The molecule has 2 heterocycles. The van der Waals surface area contributed by atoms with Gasteiger partial charge in [-0.25, -0.2) is 4.79 Å². The highest BCUT2D eigenvalue weighted by Gasteiger charge is 2.35. The highest BCUT2D eigenvalue weighted by atomic mass is 16.6. The van der Waals surface area contributed by atoms with Crippen LogP contribution in [0.4, 0.5) is 4.79 Å².